The maximum absolute atomic E-state index is 12.9. The van der Waals surface area contributed by atoms with Gasteiger partial charge < -0.3 is 14.6 Å². The van der Waals surface area contributed by atoms with Crippen LogP contribution in [0.2, 0.25) is 0 Å². The van der Waals surface area contributed by atoms with Gasteiger partial charge in [0.05, 0.1) is 6.42 Å². The van der Waals surface area contributed by atoms with E-state index in [2.05, 4.69) is 20.2 Å². The fourth-order valence-electron chi connectivity index (χ4n) is 3.02. The molecule has 1 aromatic carbocycles. The lowest BCUT2D eigenvalue weighted by Gasteiger charge is -2.23. The van der Waals surface area contributed by atoms with Gasteiger partial charge in [0.2, 0.25) is 6.23 Å². The molecule has 0 spiro atoms. The first kappa shape index (κ1) is 26.1. The van der Waals surface area contributed by atoms with Crippen molar-refractivity contribution in [2.24, 2.45) is 0 Å². The number of carboxylic acids is 1. The molecule has 36 heavy (non-hydrogen) atoms. The number of hydrogen-bond donors (Lipinski definition) is 1. The first-order chi connectivity index (χ1) is 16.8. The molecule has 1 atom stereocenters. The summed E-state index contributed by atoms with van der Waals surface area (Å²) in [6.45, 7) is 4.21. The van der Waals surface area contributed by atoms with Crippen LogP contribution in [0.3, 0.4) is 0 Å². The Hall–Kier alpha value is -4.54. The van der Waals surface area contributed by atoms with Crippen LogP contribution in [0.4, 0.5) is 18.0 Å². The number of ether oxygens (including phenoxy) is 2. The molecular formula is C22H19F3N6O5. The maximum atomic E-state index is 12.9. The van der Waals surface area contributed by atoms with E-state index in [9.17, 15) is 28.0 Å². The number of nitrogens with zero attached hydrogens (tertiary/aromatic N) is 6. The largest absolute Gasteiger partial charge is 0.510 e. The molecule has 0 aliphatic heterocycles. The zero-order valence-electron chi connectivity index (χ0n) is 19.1. The predicted octanol–water partition coefficient (Wildman–Crippen LogP) is 4.22. The van der Waals surface area contributed by atoms with Gasteiger partial charge in [-0.05, 0) is 26.8 Å². The van der Waals surface area contributed by atoms with Crippen LogP contribution in [0.15, 0.2) is 36.5 Å². The Kier molecular flexibility index (Phi) is 7.23. The zero-order valence-corrected chi connectivity index (χ0v) is 19.1. The smallest absolute Gasteiger partial charge is 0.481 e. The zero-order chi connectivity index (χ0) is 26.7. The third kappa shape index (κ3) is 6.32. The van der Waals surface area contributed by atoms with Crippen molar-refractivity contribution in [3.63, 3.8) is 0 Å². The molecule has 1 unspecified atom stereocenters. The molecular weight excluding hydrogens is 485 g/mol. The minimum absolute atomic E-state index is 0.104. The van der Waals surface area contributed by atoms with Crippen molar-refractivity contribution in [3.05, 3.63) is 47.9 Å². The number of carbonyl (C=O) groups excluding carboxylic acids is 1. The molecule has 0 fully saturated rings. The molecule has 0 radical (unpaired) electrons. The molecule has 0 aliphatic carbocycles. The van der Waals surface area contributed by atoms with E-state index in [-0.39, 0.29) is 17.2 Å². The number of aromatic nitrogens is 5. The third-order valence-corrected chi connectivity index (χ3v) is 4.63. The van der Waals surface area contributed by atoms with Gasteiger partial charge in [-0.15, -0.1) is 15.0 Å². The lowest BCUT2D eigenvalue weighted by atomic mass is 10.1. The molecule has 1 N–H and O–H groups in total. The van der Waals surface area contributed by atoms with Crippen LogP contribution >= 0.6 is 0 Å². The monoisotopic (exact) mass is 504 g/mol. The fourth-order valence-corrected chi connectivity index (χ4v) is 3.02. The Bertz CT molecular complexity index is 1310. The summed E-state index contributed by atoms with van der Waals surface area (Å²) in [4.78, 5) is 31.3. The van der Waals surface area contributed by atoms with E-state index in [0.29, 0.717) is 11.1 Å². The molecule has 0 saturated carbocycles. The van der Waals surface area contributed by atoms with Gasteiger partial charge in [0, 0.05) is 17.3 Å². The second kappa shape index (κ2) is 9.98. The van der Waals surface area contributed by atoms with Crippen molar-refractivity contribution < 1.29 is 37.3 Å². The quantitative estimate of drug-likeness (QED) is 0.463. The van der Waals surface area contributed by atoms with Gasteiger partial charge in [-0.1, -0.05) is 24.3 Å². The average molecular weight is 504 g/mol. The van der Waals surface area contributed by atoms with Gasteiger partial charge in [0.25, 0.3) is 0 Å². The van der Waals surface area contributed by atoms with Crippen molar-refractivity contribution in [2.45, 2.75) is 45.2 Å². The second-order valence-corrected chi connectivity index (χ2v) is 8.07. The van der Waals surface area contributed by atoms with E-state index in [1.54, 1.807) is 0 Å². The third-order valence-electron chi connectivity index (χ3n) is 4.63. The highest BCUT2D eigenvalue weighted by Gasteiger charge is 2.33. The first-order valence-corrected chi connectivity index (χ1v) is 10.3. The SMILES string of the molecule is CC(OC(=O)OC(C)(C)CC(=O)O)n1nc(C#N)c(-c2ccc(-c3nccc(C(F)(F)F)n3)cc2)n1. The van der Waals surface area contributed by atoms with Gasteiger partial charge in [-0.25, -0.2) is 14.8 Å². The van der Waals surface area contributed by atoms with Crippen LogP contribution in [0, 0.1) is 11.3 Å². The van der Waals surface area contributed by atoms with Gasteiger partial charge in [0.15, 0.2) is 11.5 Å². The van der Waals surface area contributed by atoms with Crippen molar-refractivity contribution >= 4 is 12.1 Å². The molecule has 14 heteroatoms. The van der Waals surface area contributed by atoms with E-state index < -0.39 is 42.2 Å². The van der Waals surface area contributed by atoms with Gasteiger partial charge in [-0.2, -0.15) is 18.4 Å². The minimum Gasteiger partial charge on any atom is -0.481 e. The average Bonchev–Trinajstić information content (AvgIpc) is 3.22. The van der Waals surface area contributed by atoms with Gasteiger partial charge in [-0.3, -0.25) is 4.79 Å². The number of aliphatic carboxylic acids is 1. The van der Waals surface area contributed by atoms with Crippen molar-refractivity contribution in [2.75, 3.05) is 0 Å². The maximum Gasteiger partial charge on any atom is 0.510 e. The topological polar surface area (TPSA) is 153 Å². The van der Waals surface area contributed by atoms with E-state index >= 15 is 0 Å². The van der Waals surface area contributed by atoms with Crippen LogP contribution in [0.1, 0.15) is 44.8 Å². The Morgan fingerprint density at radius 1 is 1.14 bits per heavy atom. The molecule has 0 saturated heterocycles. The van der Waals surface area contributed by atoms with Crippen molar-refractivity contribution in [1.82, 2.24) is 25.0 Å². The molecule has 0 bridgehead atoms. The number of benzene rings is 1. The van der Waals surface area contributed by atoms with Crippen molar-refractivity contribution in [3.8, 4) is 28.7 Å². The summed E-state index contributed by atoms with van der Waals surface area (Å²) in [6.07, 6.45) is -6.32. The molecule has 11 nitrogen and oxygen atoms in total. The van der Waals surface area contributed by atoms with Gasteiger partial charge in [0.1, 0.15) is 23.1 Å². The molecule has 2 aromatic heterocycles. The number of nitriles is 1. The Balaban J connectivity index is 1.79. The predicted molar refractivity (Wildman–Crippen MR) is 115 cm³/mol. The molecule has 3 aromatic rings. The highest BCUT2D eigenvalue weighted by Crippen LogP contribution is 2.29. The molecule has 0 aliphatic rings. The number of carbonyl (C=O) groups is 2. The summed E-state index contributed by atoms with van der Waals surface area (Å²) in [5.41, 5.74) is -1.67. The van der Waals surface area contributed by atoms with Crippen LogP contribution in [-0.4, -0.2) is 47.8 Å². The Labute approximate surface area is 202 Å². The summed E-state index contributed by atoms with van der Waals surface area (Å²) in [5, 5.41) is 26.5. The summed E-state index contributed by atoms with van der Waals surface area (Å²) in [6, 6.07) is 8.57. The Morgan fingerprint density at radius 3 is 2.36 bits per heavy atom. The van der Waals surface area contributed by atoms with Crippen LogP contribution in [0.25, 0.3) is 22.6 Å². The minimum atomic E-state index is -4.62. The van der Waals surface area contributed by atoms with Crippen LogP contribution in [-0.2, 0) is 20.4 Å². The number of alkyl halides is 3. The summed E-state index contributed by atoms with van der Waals surface area (Å²) < 4.78 is 48.9. The number of carboxylic acid groups (broad SMARTS) is 1. The number of hydrogen-bond acceptors (Lipinski definition) is 9. The Morgan fingerprint density at radius 2 is 1.78 bits per heavy atom. The lowest BCUT2D eigenvalue weighted by Crippen LogP contribution is -2.32. The number of halogens is 3. The summed E-state index contributed by atoms with van der Waals surface area (Å²) >= 11 is 0. The fraction of sp³-hybridized carbons (Fsp3) is 0.318. The highest BCUT2D eigenvalue weighted by atomic mass is 19.4. The molecule has 3 rings (SSSR count). The van der Waals surface area contributed by atoms with Gasteiger partial charge >= 0.3 is 18.3 Å². The van der Waals surface area contributed by atoms with Crippen LogP contribution < -0.4 is 0 Å². The van der Waals surface area contributed by atoms with Crippen molar-refractivity contribution in [1.29, 1.82) is 5.26 Å². The molecule has 188 valence electrons. The van der Waals surface area contributed by atoms with E-state index in [1.165, 1.54) is 45.0 Å². The van der Waals surface area contributed by atoms with Crippen LogP contribution in [0.5, 0.6) is 0 Å². The second-order valence-electron chi connectivity index (χ2n) is 8.07. The summed E-state index contributed by atoms with van der Waals surface area (Å²) in [5.74, 6) is -1.30. The first-order valence-electron chi connectivity index (χ1n) is 10.3. The highest BCUT2D eigenvalue weighted by molar-refractivity contribution is 5.69. The van der Waals surface area contributed by atoms with E-state index in [0.717, 1.165) is 17.1 Å². The van der Waals surface area contributed by atoms with E-state index in [4.69, 9.17) is 14.6 Å². The standard InChI is InChI=1S/C22H19F3N6O5/c1-12(35-20(34)36-21(2,3)10-17(32)33)31-29-15(11-26)18(30-31)13-4-6-14(7-5-13)19-27-9-8-16(28-19)22(23,24)25/h4-9,12H,10H2,1-3H3,(H,32,33). The lowest BCUT2D eigenvalue weighted by molar-refractivity contribution is -0.143. The molecule has 2 heterocycles. The number of rotatable bonds is 7. The summed E-state index contributed by atoms with van der Waals surface area (Å²) in [7, 11) is 0. The normalized spacial score (nSPS) is 12.5. The van der Waals surface area contributed by atoms with E-state index in [1.807, 2.05) is 6.07 Å². The molecule has 0 amide bonds.